The zero-order valence-corrected chi connectivity index (χ0v) is 17.0. The number of anilines is 1. The largest absolute Gasteiger partial charge is 0.280 e. The Morgan fingerprint density at radius 2 is 1.85 bits per heavy atom. The van der Waals surface area contributed by atoms with E-state index in [0.717, 1.165) is 17.4 Å². The van der Waals surface area contributed by atoms with Crippen LogP contribution in [0.2, 0.25) is 0 Å². The second-order valence-electron chi connectivity index (χ2n) is 6.00. The van der Waals surface area contributed by atoms with Crippen molar-refractivity contribution in [1.82, 2.24) is 4.98 Å². The van der Waals surface area contributed by atoms with Gasteiger partial charge in [-0.2, -0.15) is 0 Å². The fraction of sp³-hybridized carbons (Fsp3) is 0.235. The van der Waals surface area contributed by atoms with E-state index in [1.54, 1.807) is 19.9 Å². The fourth-order valence-electron chi connectivity index (χ4n) is 2.41. The molecule has 3 rings (SSSR count). The summed E-state index contributed by atoms with van der Waals surface area (Å²) in [6.45, 7) is 3.31. The van der Waals surface area contributed by atoms with Crippen LogP contribution in [0.4, 0.5) is 10.1 Å². The van der Waals surface area contributed by atoms with Crippen LogP contribution in [0.5, 0.6) is 0 Å². The van der Waals surface area contributed by atoms with E-state index in [-0.39, 0.29) is 20.7 Å². The third-order valence-corrected chi connectivity index (χ3v) is 8.59. The monoisotopic (exact) mass is 428 g/mol. The van der Waals surface area contributed by atoms with Gasteiger partial charge in [-0.05, 0) is 49.2 Å². The predicted molar refractivity (Wildman–Crippen MR) is 104 cm³/mol. The molecule has 0 spiro atoms. The lowest BCUT2D eigenvalue weighted by Gasteiger charge is -2.08. The van der Waals surface area contributed by atoms with Gasteiger partial charge in [-0.1, -0.05) is 13.0 Å². The molecule has 10 heteroatoms. The van der Waals surface area contributed by atoms with Crippen molar-refractivity contribution in [2.24, 2.45) is 0 Å². The van der Waals surface area contributed by atoms with Crippen molar-refractivity contribution in [2.75, 3.05) is 10.5 Å². The number of nitrogens with one attached hydrogen (secondary N) is 1. The van der Waals surface area contributed by atoms with Gasteiger partial charge in [-0.25, -0.2) is 26.2 Å². The molecule has 1 N–H and O–H groups in total. The Kier molecular flexibility index (Phi) is 5.24. The number of fused-ring (bicyclic) bond motifs is 1. The minimum Gasteiger partial charge on any atom is -0.280 e. The molecule has 0 aliphatic carbocycles. The van der Waals surface area contributed by atoms with Gasteiger partial charge in [0.05, 0.1) is 26.6 Å². The molecule has 1 heterocycles. The minimum atomic E-state index is -3.98. The molecule has 0 unspecified atom stereocenters. The Bertz CT molecular complexity index is 1220. The zero-order chi connectivity index (χ0) is 19.8. The van der Waals surface area contributed by atoms with Gasteiger partial charge < -0.3 is 0 Å². The third-order valence-electron chi connectivity index (χ3n) is 3.81. The van der Waals surface area contributed by atoms with Crippen LogP contribution < -0.4 is 4.72 Å². The average molecular weight is 429 g/mol. The van der Waals surface area contributed by atoms with Crippen molar-refractivity contribution >= 4 is 47.1 Å². The summed E-state index contributed by atoms with van der Waals surface area (Å²) in [5.41, 5.74) is 1.06. The Morgan fingerprint density at radius 1 is 1.11 bits per heavy atom. The molecule has 1 aromatic heterocycles. The molecule has 27 heavy (non-hydrogen) atoms. The number of hydrogen-bond acceptors (Lipinski definition) is 6. The molecule has 0 amide bonds. The molecule has 2 aromatic carbocycles. The number of hydrogen-bond donors (Lipinski definition) is 1. The van der Waals surface area contributed by atoms with Gasteiger partial charge in [0.2, 0.25) is 14.2 Å². The first-order valence-electron chi connectivity index (χ1n) is 8.05. The highest BCUT2D eigenvalue weighted by molar-refractivity contribution is 7.93. The second-order valence-corrected chi connectivity index (χ2v) is 11.0. The maximum Gasteiger partial charge on any atom is 0.261 e. The van der Waals surface area contributed by atoms with Gasteiger partial charge in [0.25, 0.3) is 10.0 Å². The third kappa shape index (κ3) is 4.12. The van der Waals surface area contributed by atoms with E-state index in [1.807, 2.05) is 0 Å². The van der Waals surface area contributed by atoms with E-state index in [1.165, 1.54) is 24.3 Å². The molecule has 0 radical (unpaired) electrons. The van der Waals surface area contributed by atoms with Gasteiger partial charge in [-0.3, -0.25) is 4.72 Å². The molecule has 0 aliphatic rings. The highest BCUT2D eigenvalue weighted by atomic mass is 32.2. The lowest BCUT2D eigenvalue weighted by atomic mass is 10.2. The molecule has 0 aliphatic heterocycles. The van der Waals surface area contributed by atoms with Gasteiger partial charge in [0.1, 0.15) is 5.82 Å². The first kappa shape index (κ1) is 19.7. The first-order chi connectivity index (χ1) is 12.6. The van der Waals surface area contributed by atoms with Crippen molar-refractivity contribution < 1.29 is 21.2 Å². The first-order valence-corrected chi connectivity index (χ1v) is 12.0. The molecule has 3 aromatic rings. The number of sulfonamides is 1. The van der Waals surface area contributed by atoms with Gasteiger partial charge >= 0.3 is 0 Å². The van der Waals surface area contributed by atoms with Crippen LogP contribution in [0.1, 0.15) is 18.9 Å². The molecule has 0 saturated carbocycles. The van der Waals surface area contributed by atoms with E-state index in [0.29, 0.717) is 22.2 Å². The van der Waals surface area contributed by atoms with Crippen LogP contribution >= 0.6 is 11.3 Å². The number of thiazole rings is 1. The van der Waals surface area contributed by atoms with Crippen LogP contribution in [0, 0.1) is 12.7 Å². The number of rotatable bonds is 6. The standard InChI is InChI=1S/C17H17FN2O4S3/c1-3-8-26(21,22)17-19-15-7-5-12(9-16(15)25-17)20-27(23,24)13-6-4-11(2)14(18)10-13/h4-7,9-10,20H,3,8H2,1-2H3. The molecule has 0 saturated heterocycles. The van der Waals surface area contributed by atoms with Crippen LogP contribution in [0.25, 0.3) is 10.2 Å². The summed E-state index contributed by atoms with van der Waals surface area (Å²) in [7, 11) is -7.42. The summed E-state index contributed by atoms with van der Waals surface area (Å²) in [5, 5.41) is 0. The molecule has 0 atom stereocenters. The van der Waals surface area contributed by atoms with Gasteiger partial charge in [0, 0.05) is 0 Å². The summed E-state index contributed by atoms with van der Waals surface area (Å²) >= 11 is 0.991. The van der Waals surface area contributed by atoms with E-state index >= 15 is 0 Å². The summed E-state index contributed by atoms with van der Waals surface area (Å²) in [6, 6.07) is 8.21. The van der Waals surface area contributed by atoms with Crippen LogP contribution in [-0.2, 0) is 19.9 Å². The number of nitrogens with zero attached hydrogens (tertiary/aromatic N) is 1. The van der Waals surface area contributed by atoms with Crippen LogP contribution in [-0.4, -0.2) is 27.6 Å². The smallest absolute Gasteiger partial charge is 0.261 e. The number of aryl methyl sites for hydroxylation is 1. The molecular formula is C17H17FN2O4S3. The molecule has 6 nitrogen and oxygen atoms in total. The molecule has 0 fully saturated rings. The Balaban J connectivity index is 1.94. The maximum absolute atomic E-state index is 13.7. The van der Waals surface area contributed by atoms with E-state index in [9.17, 15) is 21.2 Å². The second kappa shape index (κ2) is 7.17. The van der Waals surface area contributed by atoms with Crippen molar-refractivity contribution in [2.45, 2.75) is 29.5 Å². The number of sulfone groups is 1. The average Bonchev–Trinajstić information content (AvgIpc) is 3.01. The summed E-state index contributed by atoms with van der Waals surface area (Å²) in [4.78, 5) is 3.93. The molecular weight excluding hydrogens is 411 g/mol. The van der Waals surface area contributed by atoms with Crippen molar-refractivity contribution in [3.05, 3.63) is 47.8 Å². The fourth-order valence-corrected chi connectivity index (χ4v) is 6.18. The van der Waals surface area contributed by atoms with E-state index in [2.05, 4.69) is 9.71 Å². The Morgan fingerprint density at radius 3 is 2.52 bits per heavy atom. The Hall–Kier alpha value is -2.04. The highest BCUT2D eigenvalue weighted by Gasteiger charge is 2.20. The lowest BCUT2D eigenvalue weighted by molar-refractivity contribution is 0.592. The number of benzene rings is 2. The highest BCUT2D eigenvalue weighted by Crippen LogP contribution is 2.29. The van der Waals surface area contributed by atoms with E-state index in [4.69, 9.17) is 0 Å². The van der Waals surface area contributed by atoms with E-state index < -0.39 is 25.7 Å². The summed E-state index contributed by atoms with van der Waals surface area (Å²) < 4.78 is 65.9. The zero-order valence-electron chi connectivity index (χ0n) is 14.6. The SMILES string of the molecule is CCCS(=O)(=O)c1nc2ccc(NS(=O)(=O)c3ccc(C)c(F)c3)cc2s1. The normalized spacial score (nSPS) is 12.4. The van der Waals surface area contributed by atoms with Crippen LogP contribution in [0.3, 0.4) is 0 Å². The number of aromatic nitrogens is 1. The quantitative estimate of drug-likeness (QED) is 0.646. The van der Waals surface area contributed by atoms with Crippen molar-refractivity contribution in [1.29, 1.82) is 0 Å². The van der Waals surface area contributed by atoms with Crippen molar-refractivity contribution in [3.63, 3.8) is 0 Å². The lowest BCUT2D eigenvalue weighted by Crippen LogP contribution is -2.13. The molecule has 0 bridgehead atoms. The maximum atomic E-state index is 13.7. The molecule has 144 valence electrons. The summed E-state index contributed by atoms with van der Waals surface area (Å²) in [6.07, 6.45) is 0.483. The van der Waals surface area contributed by atoms with Crippen molar-refractivity contribution in [3.8, 4) is 0 Å². The van der Waals surface area contributed by atoms with Crippen LogP contribution in [0.15, 0.2) is 45.6 Å². The number of halogens is 1. The van der Waals surface area contributed by atoms with Gasteiger partial charge in [-0.15, -0.1) is 11.3 Å². The van der Waals surface area contributed by atoms with Gasteiger partial charge in [0.15, 0.2) is 0 Å². The minimum absolute atomic E-state index is 0.00525. The topological polar surface area (TPSA) is 93.2 Å². The summed E-state index contributed by atoms with van der Waals surface area (Å²) in [5.74, 6) is -0.604. The Labute approximate surface area is 161 Å². The predicted octanol–water partition coefficient (Wildman–Crippen LogP) is 3.73.